The van der Waals surface area contributed by atoms with Crippen molar-refractivity contribution in [2.45, 2.75) is 76.5 Å². The minimum absolute atomic E-state index is 0.107. The normalized spacial score (nSPS) is 21.0. The molecule has 0 atom stereocenters. The molecule has 256 valence electrons. The molecule has 0 saturated heterocycles. The largest absolute Gasteiger partial charge is 0.344 e. The lowest BCUT2D eigenvalue weighted by Gasteiger charge is -2.26. The van der Waals surface area contributed by atoms with Crippen molar-refractivity contribution in [2.24, 2.45) is 0 Å². The molecule has 0 aromatic heterocycles. The summed E-state index contributed by atoms with van der Waals surface area (Å²) >= 11 is 1.93. The van der Waals surface area contributed by atoms with Gasteiger partial charge in [-0.15, -0.1) is 0 Å². The van der Waals surface area contributed by atoms with Gasteiger partial charge in [0.05, 0.1) is 0 Å². The number of hydrogen-bond donors (Lipinski definition) is 0. The fraction of sp³-hybridized carbons (Fsp3) is 0.271. The van der Waals surface area contributed by atoms with Gasteiger partial charge in [0.15, 0.2) is 0 Å². The Hall–Kier alpha value is -4.73. The van der Waals surface area contributed by atoms with Crippen molar-refractivity contribution < 1.29 is 0 Å². The van der Waals surface area contributed by atoms with E-state index in [0.29, 0.717) is 0 Å². The first-order valence-electron chi connectivity index (χ1n) is 18.8. The van der Waals surface area contributed by atoms with E-state index in [-0.39, 0.29) is 10.8 Å². The van der Waals surface area contributed by atoms with Crippen LogP contribution in [0.25, 0.3) is 21.5 Å². The maximum atomic E-state index is 2.54. The third kappa shape index (κ3) is 5.58. The zero-order chi connectivity index (χ0) is 35.3. The number of likely N-dealkylation sites (N-methyl/N-ethyl adjacent to an activating group) is 2. The van der Waals surface area contributed by atoms with E-state index in [9.17, 15) is 0 Å². The molecule has 2 heterocycles. The first kappa shape index (κ1) is 33.4. The molecule has 5 aromatic rings. The van der Waals surface area contributed by atoms with E-state index in [1.807, 2.05) is 11.4 Å². The van der Waals surface area contributed by atoms with Crippen LogP contribution in [0.1, 0.15) is 71.9 Å². The summed E-state index contributed by atoms with van der Waals surface area (Å²) in [5, 5.41) is 5.36. The van der Waals surface area contributed by atoms with Crippen LogP contribution in [0, 0.1) is 0 Å². The van der Waals surface area contributed by atoms with Gasteiger partial charge in [-0.2, -0.15) is 0 Å². The highest BCUT2D eigenvalue weighted by molar-refractivity contribution is 7.79. The molecule has 1 saturated carbocycles. The van der Waals surface area contributed by atoms with Gasteiger partial charge in [0.2, 0.25) is 21.1 Å². The Labute approximate surface area is 308 Å². The second kappa shape index (κ2) is 13.1. The molecule has 0 N–H and O–H groups in total. The Kier molecular flexibility index (Phi) is 8.59. The summed E-state index contributed by atoms with van der Waals surface area (Å²) in [5.41, 5.74) is 11.0. The molecule has 0 amide bonds. The summed E-state index contributed by atoms with van der Waals surface area (Å²) in [4.78, 5) is 7.77. The predicted octanol–water partition coefficient (Wildman–Crippen LogP) is 12.0. The van der Waals surface area contributed by atoms with Crippen LogP contribution in [-0.2, 0) is 22.2 Å². The number of allylic oxidation sites excluding steroid dienone is 8. The van der Waals surface area contributed by atoms with Crippen LogP contribution in [0.3, 0.4) is 0 Å². The Morgan fingerprint density at radius 1 is 0.549 bits per heavy atom. The fourth-order valence-electron chi connectivity index (χ4n) is 9.07. The summed E-state index contributed by atoms with van der Waals surface area (Å²) in [6.45, 7) is 16.1. The Morgan fingerprint density at radius 3 is 1.47 bits per heavy atom. The lowest BCUT2D eigenvalue weighted by atomic mass is 9.80. The third-order valence-corrected chi connectivity index (χ3v) is 12.7. The van der Waals surface area contributed by atoms with Crippen LogP contribution in [-0.4, -0.2) is 18.0 Å². The predicted molar refractivity (Wildman–Crippen MR) is 223 cm³/mol. The molecule has 2 aliphatic heterocycles. The van der Waals surface area contributed by atoms with Gasteiger partial charge in [0, 0.05) is 70.0 Å². The molecule has 0 spiro atoms. The number of rotatable bonds is 5. The number of hydrogen-bond acceptors (Lipinski definition) is 2. The standard InChI is InChI=1S/C48H49N2S/c1-7-49-40-29-25-33-17-12-14-23-38(33)44(40)47(3,4)42(49)31-27-35-19-16-20-36(46(35)51-37-21-10-9-11-22-37)28-32-43-48(5,6)45-39-24-15-13-18-34(39)26-30-41(45)50(43)8-2/h9-15,17-18,21-32H,7-8,16,19-20H2,1-6H3/q+1/b35-27+,36-28+,42-31?,43-32?. The summed E-state index contributed by atoms with van der Waals surface area (Å²) in [7, 11) is 0. The van der Waals surface area contributed by atoms with E-state index in [0.717, 1.165) is 32.4 Å². The fourth-order valence-corrected chi connectivity index (χ4v) is 10.2. The summed E-state index contributed by atoms with van der Waals surface area (Å²) in [5.74, 6) is 0. The molecule has 8 rings (SSSR count). The van der Waals surface area contributed by atoms with Crippen molar-refractivity contribution in [1.82, 2.24) is 0 Å². The SMILES string of the molecule is CCN1C(=C/C=C2\CCC/C(=C\C=C3N(CC)c4ccc5ccccc5c4C3(C)C)C2=[S+]c2ccccc2)C(C)(C)c2c1ccc1ccccc21. The number of anilines is 2. The quantitative estimate of drug-likeness (QED) is 0.103. The zero-order valence-electron chi connectivity index (χ0n) is 31.0. The van der Waals surface area contributed by atoms with Crippen molar-refractivity contribution in [2.75, 3.05) is 22.9 Å². The maximum absolute atomic E-state index is 2.54. The van der Waals surface area contributed by atoms with Gasteiger partial charge in [-0.25, -0.2) is 0 Å². The van der Waals surface area contributed by atoms with Crippen LogP contribution >= 0.6 is 0 Å². The third-order valence-electron chi connectivity index (χ3n) is 11.5. The van der Waals surface area contributed by atoms with Crippen molar-refractivity contribution >= 4 is 49.1 Å². The minimum Gasteiger partial charge on any atom is -0.344 e. The molecule has 1 aliphatic carbocycles. The second-order valence-corrected chi connectivity index (χ2v) is 16.3. The van der Waals surface area contributed by atoms with Gasteiger partial charge in [0.1, 0.15) is 0 Å². The molecule has 1 fully saturated rings. The van der Waals surface area contributed by atoms with Gasteiger partial charge < -0.3 is 9.80 Å². The summed E-state index contributed by atoms with van der Waals surface area (Å²) in [6.07, 6.45) is 13.1. The van der Waals surface area contributed by atoms with Crippen LogP contribution < -0.4 is 9.80 Å². The first-order chi connectivity index (χ1) is 24.7. The lowest BCUT2D eigenvalue weighted by Crippen LogP contribution is -2.26. The topological polar surface area (TPSA) is 6.48 Å². The molecule has 2 nitrogen and oxygen atoms in total. The van der Waals surface area contributed by atoms with E-state index in [1.54, 1.807) is 0 Å². The average Bonchev–Trinajstić information content (AvgIpc) is 3.52. The lowest BCUT2D eigenvalue weighted by molar-refractivity contribution is 0.638. The van der Waals surface area contributed by atoms with Crippen LogP contribution in [0.4, 0.5) is 11.4 Å². The van der Waals surface area contributed by atoms with Crippen molar-refractivity contribution in [3.05, 3.63) is 161 Å². The van der Waals surface area contributed by atoms with Crippen molar-refractivity contribution in [3.8, 4) is 0 Å². The van der Waals surface area contributed by atoms with E-state index in [1.165, 1.54) is 76.3 Å². The number of benzene rings is 5. The molecular formula is C48H49N2S+. The van der Waals surface area contributed by atoms with Gasteiger partial charge in [-0.05, 0) is 90.1 Å². The van der Waals surface area contributed by atoms with Gasteiger partial charge in [-0.3, -0.25) is 0 Å². The van der Waals surface area contributed by atoms with Crippen LogP contribution in [0.15, 0.2) is 155 Å². The smallest absolute Gasteiger partial charge is 0.237 e. The molecule has 5 aromatic carbocycles. The average molecular weight is 686 g/mol. The highest BCUT2D eigenvalue weighted by Gasteiger charge is 2.42. The minimum atomic E-state index is -0.107. The van der Waals surface area contributed by atoms with Gasteiger partial charge in [0.25, 0.3) is 0 Å². The highest BCUT2D eigenvalue weighted by atomic mass is 32.1. The van der Waals surface area contributed by atoms with Gasteiger partial charge in [-0.1, -0.05) is 119 Å². The Bertz CT molecular complexity index is 2170. The number of nitrogens with zero attached hydrogens (tertiary/aromatic N) is 2. The molecular weight excluding hydrogens is 637 g/mol. The summed E-state index contributed by atoms with van der Waals surface area (Å²) in [6, 6.07) is 37.9. The Morgan fingerprint density at radius 2 is 1.00 bits per heavy atom. The van der Waals surface area contributed by atoms with E-state index < -0.39 is 0 Å². The van der Waals surface area contributed by atoms with Gasteiger partial charge >= 0.3 is 0 Å². The van der Waals surface area contributed by atoms with E-state index in [4.69, 9.17) is 0 Å². The molecule has 0 radical (unpaired) electrons. The van der Waals surface area contributed by atoms with Crippen LogP contribution in [0.2, 0.25) is 0 Å². The van der Waals surface area contributed by atoms with E-state index in [2.05, 4.69) is 179 Å². The maximum Gasteiger partial charge on any atom is 0.237 e. The van der Waals surface area contributed by atoms with E-state index >= 15 is 0 Å². The first-order valence-corrected chi connectivity index (χ1v) is 19.6. The number of fused-ring (bicyclic) bond motifs is 6. The molecule has 51 heavy (non-hydrogen) atoms. The molecule has 0 bridgehead atoms. The molecule has 3 heteroatoms. The summed E-state index contributed by atoms with van der Waals surface area (Å²) < 4.78 is 0. The Balaban J connectivity index is 1.23. The highest BCUT2D eigenvalue weighted by Crippen LogP contribution is 2.52. The van der Waals surface area contributed by atoms with Crippen molar-refractivity contribution in [1.29, 1.82) is 0 Å². The molecule has 0 unspecified atom stereocenters. The molecule has 3 aliphatic rings. The van der Waals surface area contributed by atoms with Crippen molar-refractivity contribution in [3.63, 3.8) is 0 Å². The van der Waals surface area contributed by atoms with Crippen LogP contribution in [0.5, 0.6) is 0 Å². The zero-order valence-corrected chi connectivity index (χ0v) is 31.8. The monoisotopic (exact) mass is 685 g/mol. The second-order valence-electron chi connectivity index (χ2n) is 15.2.